The minimum atomic E-state index is -0.174. The molecule has 2 aliphatic heterocycles. The van der Waals surface area contributed by atoms with Crippen LogP contribution in [0.25, 0.3) is 0 Å². The smallest absolute Gasteiger partial charge is 0.228 e. The Labute approximate surface area is 174 Å². The molecule has 1 aromatic carbocycles. The van der Waals surface area contributed by atoms with Gasteiger partial charge in [0.2, 0.25) is 5.91 Å². The van der Waals surface area contributed by atoms with Crippen LogP contribution in [0.5, 0.6) is 0 Å². The van der Waals surface area contributed by atoms with Crippen molar-refractivity contribution in [1.29, 1.82) is 0 Å². The van der Waals surface area contributed by atoms with E-state index in [0.29, 0.717) is 12.5 Å². The second-order valence-electron chi connectivity index (χ2n) is 7.64. The Kier molecular flexibility index (Phi) is 8.22. The lowest BCUT2D eigenvalue weighted by Crippen LogP contribution is -2.47. The van der Waals surface area contributed by atoms with Crippen molar-refractivity contribution < 1.29 is 9.53 Å². The second kappa shape index (κ2) is 9.97. The van der Waals surface area contributed by atoms with Gasteiger partial charge in [0.15, 0.2) is 0 Å². The average Bonchev–Trinajstić information content (AvgIpc) is 3.12. The Hall–Kier alpha value is -1.01. The summed E-state index contributed by atoms with van der Waals surface area (Å²) in [7, 11) is 0. The van der Waals surface area contributed by atoms with Gasteiger partial charge in [0.25, 0.3) is 0 Å². The Morgan fingerprint density at radius 3 is 2.81 bits per heavy atom. The molecule has 0 unspecified atom stereocenters. The first-order valence-corrected chi connectivity index (χ1v) is 9.69. The van der Waals surface area contributed by atoms with Gasteiger partial charge in [-0.3, -0.25) is 4.79 Å². The number of morpholine rings is 1. The van der Waals surface area contributed by atoms with Crippen LogP contribution in [-0.2, 0) is 16.1 Å². The lowest BCUT2D eigenvalue weighted by molar-refractivity contribution is -0.134. The van der Waals surface area contributed by atoms with E-state index >= 15 is 0 Å². The lowest BCUT2D eigenvalue weighted by atomic mass is 9.67. The number of rotatable bonds is 4. The first-order valence-electron chi connectivity index (χ1n) is 9.69. The largest absolute Gasteiger partial charge is 0.378 e. The number of nitrogens with one attached hydrogen (secondary N) is 2. The highest BCUT2D eigenvalue weighted by Gasteiger charge is 2.49. The Morgan fingerprint density at radius 1 is 1.22 bits per heavy atom. The minimum absolute atomic E-state index is 0. The van der Waals surface area contributed by atoms with Crippen LogP contribution in [0, 0.1) is 11.3 Å². The second-order valence-corrected chi connectivity index (χ2v) is 7.64. The third-order valence-corrected chi connectivity index (χ3v) is 6.27. The molecule has 7 heteroatoms. The van der Waals surface area contributed by atoms with Crippen LogP contribution in [0.1, 0.15) is 31.2 Å². The van der Waals surface area contributed by atoms with Gasteiger partial charge in [0.1, 0.15) is 0 Å². The summed E-state index contributed by atoms with van der Waals surface area (Å²) < 4.78 is 5.47. The fourth-order valence-corrected chi connectivity index (χ4v) is 4.82. The van der Waals surface area contributed by atoms with Gasteiger partial charge in [-0.05, 0) is 36.9 Å². The molecule has 3 fully saturated rings. The molecule has 0 radical (unpaired) electrons. The molecule has 0 aromatic heterocycles. The van der Waals surface area contributed by atoms with Crippen molar-refractivity contribution in [2.75, 3.05) is 44.3 Å². The van der Waals surface area contributed by atoms with E-state index in [0.717, 1.165) is 45.8 Å². The summed E-state index contributed by atoms with van der Waals surface area (Å²) in [6.07, 6.45) is 4.66. The van der Waals surface area contributed by atoms with Crippen LogP contribution < -0.4 is 15.5 Å². The van der Waals surface area contributed by atoms with Crippen molar-refractivity contribution in [2.24, 2.45) is 11.3 Å². The van der Waals surface area contributed by atoms with Gasteiger partial charge in [-0.25, -0.2) is 0 Å². The Bertz CT molecular complexity index is 625. The fourth-order valence-electron chi connectivity index (χ4n) is 4.82. The maximum absolute atomic E-state index is 13.1. The van der Waals surface area contributed by atoms with E-state index in [9.17, 15) is 4.79 Å². The molecule has 0 spiro atoms. The van der Waals surface area contributed by atoms with Crippen molar-refractivity contribution in [3.63, 3.8) is 0 Å². The number of benzene rings is 1. The van der Waals surface area contributed by atoms with Crippen LogP contribution in [-0.4, -0.2) is 45.3 Å². The van der Waals surface area contributed by atoms with Gasteiger partial charge in [0.05, 0.1) is 18.6 Å². The van der Waals surface area contributed by atoms with Gasteiger partial charge in [0, 0.05) is 31.9 Å². The zero-order valence-corrected chi connectivity index (χ0v) is 17.4. The SMILES string of the molecule is Cl.Cl.O=C(NCc1ccccc1N1CCOCC1)[C@@]12CCCC[C@H]1CNC2. The third kappa shape index (κ3) is 4.53. The number of para-hydroxylation sites is 1. The van der Waals surface area contributed by atoms with E-state index in [1.165, 1.54) is 30.5 Å². The summed E-state index contributed by atoms with van der Waals surface area (Å²) >= 11 is 0. The van der Waals surface area contributed by atoms with Crippen LogP contribution in [0.15, 0.2) is 24.3 Å². The van der Waals surface area contributed by atoms with Gasteiger partial charge >= 0.3 is 0 Å². The summed E-state index contributed by atoms with van der Waals surface area (Å²) in [6.45, 7) is 5.84. The summed E-state index contributed by atoms with van der Waals surface area (Å²) in [4.78, 5) is 15.4. The predicted molar refractivity (Wildman–Crippen MR) is 113 cm³/mol. The number of fused-ring (bicyclic) bond motifs is 1. The molecular weight excluding hydrogens is 385 g/mol. The first kappa shape index (κ1) is 22.3. The van der Waals surface area contributed by atoms with Gasteiger partial charge < -0.3 is 20.3 Å². The zero-order valence-electron chi connectivity index (χ0n) is 15.7. The van der Waals surface area contributed by atoms with E-state index in [1.807, 2.05) is 0 Å². The highest BCUT2D eigenvalue weighted by atomic mass is 35.5. The molecular formula is C20H31Cl2N3O2. The number of carbonyl (C=O) groups excluding carboxylic acids is 1. The molecule has 2 atom stereocenters. The zero-order chi connectivity index (χ0) is 17.1. The molecule has 1 aromatic rings. The van der Waals surface area contributed by atoms with Crippen molar-refractivity contribution in [1.82, 2.24) is 10.6 Å². The van der Waals surface area contributed by atoms with Crippen LogP contribution in [0.2, 0.25) is 0 Å². The quantitative estimate of drug-likeness (QED) is 0.793. The standard InChI is InChI=1S/C20H29N3O2.2ClH/c24-19(20-8-4-3-6-17(20)14-21-15-20)22-13-16-5-1-2-7-18(16)23-9-11-25-12-10-23;;/h1-2,5,7,17,21H,3-4,6,8-15H2,(H,22,24);2*1H/t17-,20+;;/m0../s1. The van der Waals surface area contributed by atoms with E-state index in [-0.39, 0.29) is 36.1 Å². The monoisotopic (exact) mass is 415 g/mol. The van der Waals surface area contributed by atoms with E-state index in [2.05, 4.69) is 39.8 Å². The third-order valence-electron chi connectivity index (χ3n) is 6.27. The number of amides is 1. The predicted octanol–water partition coefficient (Wildman–Crippen LogP) is 2.76. The molecule has 27 heavy (non-hydrogen) atoms. The van der Waals surface area contributed by atoms with Crippen molar-refractivity contribution in [3.05, 3.63) is 29.8 Å². The van der Waals surface area contributed by atoms with E-state index in [1.54, 1.807) is 0 Å². The molecule has 2 N–H and O–H groups in total. The number of anilines is 1. The maximum Gasteiger partial charge on any atom is 0.228 e. The number of carbonyl (C=O) groups is 1. The highest BCUT2D eigenvalue weighted by molar-refractivity contribution is 5.85. The number of hydrogen-bond acceptors (Lipinski definition) is 4. The molecule has 152 valence electrons. The summed E-state index contributed by atoms with van der Waals surface area (Å²) in [6, 6.07) is 8.43. The molecule has 0 bridgehead atoms. The molecule has 1 aliphatic carbocycles. The maximum atomic E-state index is 13.1. The van der Waals surface area contributed by atoms with Crippen molar-refractivity contribution in [3.8, 4) is 0 Å². The van der Waals surface area contributed by atoms with E-state index < -0.39 is 0 Å². The Morgan fingerprint density at radius 2 is 2.00 bits per heavy atom. The van der Waals surface area contributed by atoms with E-state index in [4.69, 9.17) is 4.74 Å². The van der Waals surface area contributed by atoms with Gasteiger partial charge in [-0.2, -0.15) is 0 Å². The molecule has 2 saturated heterocycles. The van der Waals surface area contributed by atoms with Crippen LogP contribution >= 0.6 is 24.8 Å². The molecule has 4 rings (SSSR count). The lowest BCUT2D eigenvalue weighted by Gasteiger charge is -2.37. The van der Waals surface area contributed by atoms with Crippen LogP contribution in [0.3, 0.4) is 0 Å². The molecule has 3 aliphatic rings. The van der Waals surface area contributed by atoms with Gasteiger partial charge in [-0.15, -0.1) is 24.8 Å². The molecule has 1 amide bonds. The summed E-state index contributed by atoms with van der Waals surface area (Å²) in [5, 5.41) is 6.74. The average molecular weight is 416 g/mol. The first-order chi connectivity index (χ1) is 12.3. The normalized spacial score (nSPS) is 27.1. The fraction of sp³-hybridized carbons (Fsp3) is 0.650. The van der Waals surface area contributed by atoms with Crippen LogP contribution in [0.4, 0.5) is 5.69 Å². The molecule has 1 saturated carbocycles. The topological polar surface area (TPSA) is 53.6 Å². The van der Waals surface area contributed by atoms with Gasteiger partial charge in [-0.1, -0.05) is 31.0 Å². The van der Waals surface area contributed by atoms with Crippen molar-refractivity contribution in [2.45, 2.75) is 32.2 Å². The molecule has 5 nitrogen and oxygen atoms in total. The minimum Gasteiger partial charge on any atom is -0.378 e. The number of nitrogens with zero attached hydrogens (tertiary/aromatic N) is 1. The number of halogens is 2. The number of hydrogen-bond donors (Lipinski definition) is 2. The van der Waals surface area contributed by atoms with Crippen molar-refractivity contribution >= 4 is 36.4 Å². The summed E-state index contributed by atoms with van der Waals surface area (Å²) in [5.41, 5.74) is 2.26. The number of ether oxygens (including phenoxy) is 1. The Balaban J connectivity index is 0.00000131. The summed E-state index contributed by atoms with van der Waals surface area (Å²) in [5.74, 6) is 0.759. The highest BCUT2D eigenvalue weighted by Crippen LogP contribution is 2.44. The molecule has 2 heterocycles.